The molecule has 0 saturated carbocycles. The quantitative estimate of drug-likeness (QED) is 0.445. The van der Waals surface area contributed by atoms with Gasteiger partial charge >= 0.3 is 6.01 Å². The zero-order chi connectivity index (χ0) is 23.4. The van der Waals surface area contributed by atoms with Crippen molar-refractivity contribution >= 4 is 23.0 Å². The van der Waals surface area contributed by atoms with Crippen LogP contribution in [0.3, 0.4) is 0 Å². The second kappa shape index (κ2) is 9.61. The summed E-state index contributed by atoms with van der Waals surface area (Å²) in [6.07, 6.45) is 0. The predicted molar refractivity (Wildman–Crippen MR) is 122 cm³/mol. The molecule has 2 aromatic carbocycles. The fraction of sp³-hybridized carbons (Fsp3) is 0.261. The largest absolute Gasteiger partial charge is 0.424 e. The molecule has 1 aliphatic heterocycles. The number of rotatable bonds is 6. The lowest BCUT2D eigenvalue weighted by Gasteiger charge is -2.28. The van der Waals surface area contributed by atoms with E-state index in [9.17, 15) is 14.9 Å². The van der Waals surface area contributed by atoms with E-state index in [2.05, 4.69) is 15.3 Å². The first-order valence-electron chi connectivity index (χ1n) is 10.4. The Hall–Kier alpha value is -4.05. The van der Waals surface area contributed by atoms with Gasteiger partial charge in [0, 0.05) is 41.8 Å². The third kappa shape index (κ3) is 5.42. The lowest BCUT2D eigenvalue weighted by Crippen LogP contribution is -2.36. The van der Waals surface area contributed by atoms with Crippen LogP contribution < -0.4 is 15.0 Å². The summed E-state index contributed by atoms with van der Waals surface area (Å²) in [5.41, 5.74) is 2.69. The molecule has 1 aromatic heterocycles. The van der Waals surface area contributed by atoms with Crippen molar-refractivity contribution < 1.29 is 19.2 Å². The highest BCUT2D eigenvalue weighted by atomic mass is 16.6. The van der Waals surface area contributed by atoms with E-state index in [1.165, 1.54) is 6.07 Å². The average molecular weight is 449 g/mol. The molecule has 0 atom stereocenters. The van der Waals surface area contributed by atoms with Crippen molar-refractivity contribution in [2.75, 3.05) is 36.5 Å². The van der Waals surface area contributed by atoms with E-state index < -0.39 is 10.8 Å². The first-order chi connectivity index (χ1) is 15.9. The van der Waals surface area contributed by atoms with Gasteiger partial charge in [0.1, 0.15) is 11.4 Å². The number of nitrogens with one attached hydrogen (secondary N) is 1. The Morgan fingerprint density at radius 2 is 1.73 bits per heavy atom. The molecule has 10 nitrogen and oxygen atoms in total. The van der Waals surface area contributed by atoms with E-state index in [0.29, 0.717) is 43.4 Å². The number of morpholine rings is 1. The number of anilines is 2. The molecule has 0 radical (unpaired) electrons. The van der Waals surface area contributed by atoms with Gasteiger partial charge in [-0.1, -0.05) is 0 Å². The monoisotopic (exact) mass is 449 g/mol. The molecular formula is C23H23N5O5. The highest BCUT2D eigenvalue weighted by Gasteiger charge is 2.23. The van der Waals surface area contributed by atoms with Crippen LogP contribution in [0.15, 0.2) is 48.5 Å². The number of hydrogen-bond donors (Lipinski definition) is 1. The van der Waals surface area contributed by atoms with Crippen molar-refractivity contribution in [3.63, 3.8) is 0 Å². The first kappa shape index (κ1) is 22.2. The smallest absolute Gasteiger partial charge is 0.322 e. The van der Waals surface area contributed by atoms with E-state index in [-0.39, 0.29) is 17.3 Å². The van der Waals surface area contributed by atoms with Gasteiger partial charge in [0.2, 0.25) is 0 Å². The lowest BCUT2D eigenvalue weighted by molar-refractivity contribution is -0.384. The molecule has 0 aliphatic carbocycles. The van der Waals surface area contributed by atoms with Gasteiger partial charge in [-0.3, -0.25) is 14.9 Å². The number of amides is 1. The maximum Gasteiger partial charge on any atom is 0.322 e. The maximum absolute atomic E-state index is 12.7. The molecular weight excluding hydrogens is 426 g/mol. The normalized spacial score (nSPS) is 13.5. The van der Waals surface area contributed by atoms with Crippen LogP contribution in [-0.2, 0) is 4.74 Å². The highest BCUT2D eigenvalue weighted by Crippen LogP contribution is 2.30. The van der Waals surface area contributed by atoms with Crippen molar-refractivity contribution in [3.05, 3.63) is 75.6 Å². The summed E-state index contributed by atoms with van der Waals surface area (Å²) >= 11 is 0. The van der Waals surface area contributed by atoms with Gasteiger partial charge in [-0.15, -0.1) is 0 Å². The zero-order valence-corrected chi connectivity index (χ0v) is 18.3. The van der Waals surface area contributed by atoms with Gasteiger partial charge in [-0.05, 0) is 56.3 Å². The van der Waals surface area contributed by atoms with Crippen molar-refractivity contribution in [1.29, 1.82) is 0 Å². The summed E-state index contributed by atoms with van der Waals surface area (Å²) in [4.78, 5) is 34.2. The van der Waals surface area contributed by atoms with Gasteiger partial charge in [-0.2, -0.15) is 0 Å². The van der Waals surface area contributed by atoms with Gasteiger partial charge < -0.3 is 19.7 Å². The van der Waals surface area contributed by atoms with Gasteiger partial charge in [0.15, 0.2) is 0 Å². The first-order valence-corrected chi connectivity index (χ1v) is 10.4. The third-order valence-electron chi connectivity index (χ3n) is 5.07. The molecule has 3 aromatic rings. The van der Waals surface area contributed by atoms with Crippen LogP contribution in [0.1, 0.15) is 21.7 Å². The van der Waals surface area contributed by atoms with Crippen LogP contribution in [-0.4, -0.2) is 47.1 Å². The molecule has 33 heavy (non-hydrogen) atoms. The SMILES string of the molecule is Cc1cc(C)nc(Oc2ccc(NC(=O)c3ccc(N4CCOCC4)c([N+](=O)[O-])c3)cc2)n1. The maximum atomic E-state index is 12.7. The second-order valence-electron chi connectivity index (χ2n) is 7.57. The van der Waals surface area contributed by atoms with E-state index >= 15 is 0 Å². The minimum Gasteiger partial charge on any atom is -0.424 e. The Morgan fingerprint density at radius 1 is 1.06 bits per heavy atom. The average Bonchev–Trinajstić information content (AvgIpc) is 2.80. The van der Waals surface area contributed by atoms with Crippen LogP contribution in [0.4, 0.5) is 17.1 Å². The number of nitro benzene ring substituents is 1. The molecule has 1 N–H and O–H groups in total. The molecule has 0 bridgehead atoms. The van der Waals surface area contributed by atoms with Crippen LogP contribution >= 0.6 is 0 Å². The molecule has 4 rings (SSSR count). The summed E-state index contributed by atoms with van der Waals surface area (Å²) in [5.74, 6) is 0.0708. The fourth-order valence-electron chi connectivity index (χ4n) is 3.54. The highest BCUT2D eigenvalue weighted by molar-refractivity contribution is 6.05. The number of ether oxygens (including phenoxy) is 2. The summed E-state index contributed by atoms with van der Waals surface area (Å²) in [6, 6.07) is 13.3. The molecule has 1 aliphatic rings. The van der Waals surface area contributed by atoms with Crippen molar-refractivity contribution in [3.8, 4) is 11.8 Å². The van der Waals surface area contributed by atoms with Crippen LogP contribution in [0.25, 0.3) is 0 Å². The predicted octanol–water partition coefficient (Wildman–Crippen LogP) is 3.88. The summed E-state index contributed by atoms with van der Waals surface area (Å²) in [5, 5.41) is 14.4. The number of carbonyl (C=O) groups is 1. The number of aromatic nitrogens is 2. The molecule has 1 saturated heterocycles. The standard InChI is InChI=1S/C23H23N5O5/c1-15-13-16(2)25-23(24-15)33-19-6-4-18(5-7-19)26-22(29)17-3-8-20(21(14-17)28(30)31)27-9-11-32-12-10-27/h3-8,13-14H,9-12H2,1-2H3,(H,26,29). The molecule has 10 heteroatoms. The number of carbonyl (C=O) groups excluding carboxylic acids is 1. The Kier molecular flexibility index (Phi) is 6.45. The second-order valence-corrected chi connectivity index (χ2v) is 7.57. The zero-order valence-electron chi connectivity index (χ0n) is 18.3. The molecule has 1 amide bonds. The van der Waals surface area contributed by atoms with Crippen LogP contribution in [0, 0.1) is 24.0 Å². The van der Waals surface area contributed by atoms with Gasteiger partial charge in [0.05, 0.1) is 18.1 Å². The minimum atomic E-state index is -0.469. The van der Waals surface area contributed by atoms with Gasteiger partial charge in [-0.25, -0.2) is 9.97 Å². The third-order valence-corrected chi connectivity index (χ3v) is 5.07. The Labute approximate surface area is 190 Å². The molecule has 0 unspecified atom stereocenters. The van der Waals surface area contributed by atoms with Crippen molar-refractivity contribution in [2.45, 2.75) is 13.8 Å². The number of nitrogens with zero attached hydrogens (tertiary/aromatic N) is 4. The summed E-state index contributed by atoms with van der Waals surface area (Å²) in [6.45, 7) is 5.86. The topological polar surface area (TPSA) is 120 Å². The lowest BCUT2D eigenvalue weighted by atomic mass is 10.1. The summed E-state index contributed by atoms with van der Waals surface area (Å²) < 4.78 is 11.0. The molecule has 170 valence electrons. The van der Waals surface area contributed by atoms with E-state index in [1.807, 2.05) is 24.8 Å². The van der Waals surface area contributed by atoms with E-state index in [4.69, 9.17) is 9.47 Å². The Balaban J connectivity index is 1.46. The molecule has 0 spiro atoms. The minimum absolute atomic E-state index is 0.109. The van der Waals surface area contributed by atoms with E-state index in [1.54, 1.807) is 36.4 Å². The van der Waals surface area contributed by atoms with E-state index in [0.717, 1.165) is 11.4 Å². The van der Waals surface area contributed by atoms with Crippen LogP contribution in [0.2, 0.25) is 0 Å². The number of nitro groups is 1. The Morgan fingerprint density at radius 3 is 2.36 bits per heavy atom. The molecule has 2 heterocycles. The van der Waals surface area contributed by atoms with Crippen LogP contribution in [0.5, 0.6) is 11.8 Å². The van der Waals surface area contributed by atoms with Crippen molar-refractivity contribution in [2.24, 2.45) is 0 Å². The number of benzene rings is 2. The number of hydrogen-bond acceptors (Lipinski definition) is 8. The Bertz CT molecular complexity index is 1160. The number of aryl methyl sites for hydroxylation is 2. The van der Waals surface area contributed by atoms with Crippen molar-refractivity contribution in [1.82, 2.24) is 9.97 Å². The fourth-order valence-corrected chi connectivity index (χ4v) is 3.54. The summed E-state index contributed by atoms with van der Waals surface area (Å²) in [7, 11) is 0. The molecule has 1 fully saturated rings. The van der Waals surface area contributed by atoms with Gasteiger partial charge in [0.25, 0.3) is 11.6 Å².